The number of H-pyrrole nitrogens is 1. The summed E-state index contributed by atoms with van der Waals surface area (Å²) in [5.41, 5.74) is 0.719. The van der Waals surface area contributed by atoms with E-state index in [0.29, 0.717) is 33.2 Å². The van der Waals surface area contributed by atoms with Gasteiger partial charge in [-0.25, -0.2) is 5.10 Å². The molecule has 2 heterocycles. The summed E-state index contributed by atoms with van der Waals surface area (Å²) in [7, 11) is 0. The number of aromatic nitrogens is 3. The van der Waals surface area contributed by atoms with Gasteiger partial charge in [0.1, 0.15) is 0 Å². The van der Waals surface area contributed by atoms with Gasteiger partial charge in [0.15, 0.2) is 17.3 Å². The SMILES string of the molecule is CCOc1cc(/C=N\n2c(-c3ccco3)n[nH]c2=S)cc(Br)c1O. The van der Waals surface area contributed by atoms with Crippen molar-refractivity contribution >= 4 is 34.4 Å². The van der Waals surface area contributed by atoms with Crippen LogP contribution in [0.15, 0.2) is 44.5 Å². The zero-order valence-corrected chi connectivity index (χ0v) is 15.0. The van der Waals surface area contributed by atoms with Crippen LogP contribution in [0.25, 0.3) is 11.6 Å². The highest BCUT2D eigenvalue weighted by atomic mass is 79.9. The smallest absolute Gasteiger partial charge is 0.219 e. The van der Waals surface area contributed by atoms with Crippen molar-refractivity contribution in [3.63, 3.8) is 0 Å². The second-order valence-electron chi connectivity index (χ2n) is 4.67. The monoisotopic (exact) mass is 408 g/mol. The molecule has 0 aliphatic heterocycles. The summed E-state index contributed by atoms with van der Waals surface area (Å²) >= 11 is 8.49. The average Bonchev–Trinajstić information content (AvgIpc) is 3.20. The van der Waals surface area contributed by atoms with Crippen LogP contribution >= 0.6 is 28.1 Å². The van der Waals surface area contributed by atoms with E-state index in [-0.39, 0.29) is 5.75 Å². The van der Waals surface area contributed by atoms with Crippen LogP contribution in [0.2, 0.25) is 0 Å². The van der Waals surface area contributed by atoms with Crippen LogP contribution in [0, 0.1) is 4.77 Å². The first kappa shape index (κ1) is 16.5. The zero-order valence-electron chi connectivity index (χ0n) is 12.6. The van der Waals surface area contributed by atoms with Gasteiger partial charge < -0.3 is 14.3 Å². The molecule has 0 saturated carbocycles. The molecule has 0 aliphatic rings. The number of ether oxygens (including phenoxy) is 1. The van der Waals surface area contributed by atoms with E-state index in [1.807, 2.05) is 6.92 Å². The van der Waals surface area contributed by atoms with Gasteiger partial charge in [0.05, 0.1) is 23.6 Å². The summed E-state index contributed by atoms with van der Waals surface area (Å²) in [6.45, 7) is 2.28. The number of hydrogen-bond donors (Lipinski definition) is 2. The van der Waals surface area contributed by atoms with E-state index in [2.05, 4.69) is 31.2 Å². The number of aromatic hydroxyl groups is 1. The third-order valence-electron chi connectivity index (χ3n) is 3.06. The van der Waals surface area contributed by atoms with Gasteiger partial charge >= 0.3 is 0 Å². The minimum absolute atomic E-state index is 0.0465. The number of aromatic amines is 1. The number of phenols is 1. The van der Waals surface area contributed by atoms with Crippen LogP contribution in [0.3, 0.4) is 0 Å². The molecule has 0 saturated heterocycles. The molecule has 0 aliphatic carbocycles. The molecule has 2 N–H and O–H groups in total. The molecule has 24 heavy (non-hydrogen) atoms. The van der Waals surface area contributed by atoms with Gasteiger partial charge in [-0.05, 0) is 64.9 Å². The lowest BCUT2D eigenvalue weighted by Gasteiger charge is -2.08. The first-order chi connectivity index (χ1) is 11.6. The number of furan rings is 1. The Labute approximate surface area is 150 Å². The number of phenolic OH excluding ortho intramolecular Hbond substituents is 1. The molecule has 1 aromatic carbocycles. The minimum atomic E-state index is 0.0465. The Morgan fingerprint density at radius 1 is 1.54 bits per heavy atom. The summed E-state index contributed by atoms with van der Waals surface area (Å²) in [6, 6.07) is 6.93. The second kappa shape index (κ2) is 7.02. The summed E-state index contributed by atoms with van der Waals surface area (Å²) in [5.74, 6) is 1.42. The van der Waals surface area contributed by atoms with Crippen molar-refractivity contribution in [2.45, 2.75) is 6.92 Å². The van der Waals surface area contributed by atoms with E-state index < -0.39 is 0 Å². The van der Waals surface area contributed by atoms with E-state index >= 15 is 0 Å². The fourth-order valence-electron chi connectivity index (χ4n) is 2.02. The van der Waals surface area contributed by atoms with Gasteiger partial charge in [0.2, 0.25) is 10.6 Å². The van der Waals surface area contributed by atoms with Crippen LogP contribution in [-0.2, 0) is 0 Å². The maximum Gasteiger partial charge on any atom is 0.219 e. The van der Waals surface area contributed by atoms with E-state index in [1.165, 1.54) is 4.68 Å². The van der Waals surface area contributed by atoms with E-state index in [9.17, 15) is 5.11 Å². The number of rotatable bonds is 5. The van der Waals surface area contributed by atoms with Crippen molar-refractivity contribution < 1.29 is 14.3 Å². The highest BCUT2D eigenvalue weighted by molar-refractivity contribution is 9.10. The molecule has 7 nitrogen and oxygen atoms in total. The lowest BCUT2D eigenvalue weighted by molar-refractivity contribution is 0.317. The fourth-order valence-corrected chi connectivity index (χ4v) is 2.66. The predicted octanol–water partition coefficient (Wildman–Crippen LogP) is 3.95. The van der Waals surface area contributed by atoms with Crippen LogP contribution in [-0.4, -0.2) is 32.8 Å². The normalized spacial score (nSPS) is 11.2. The first-order valence-electron chi connectivity index (χ1n) is 7.01. The summed E-state index contributed by atoms with van der Waals surface area (Å²) in [4.78, 5) is 0. The minimum Gasteiger partial charge on any atom is -0.503 e. The van der Waals surface area contributed by atoms with Crippen LogP contribution < -0.4 is 4.74 Å². The number of nitrogens with one attached hydrogen (secondary N) is 1. The van der Waals surface area contributed by atoms with E-state index in [0.717, 1.165) is 5.56 Å². The number of nitrogens with zero attached hydrogens (tertiary/aromatic N) is 3. The van der Waals surface area contributed by atoms with Crippen molar-refractivity contribution in [2.75, 3.05) is 6.61 Å². The highest BCUT2D eigenvalue weighted by Gasteiger charge is 2.11. The topological polar surface area (TPSA) is 88.6 Å². The Bertz CT molecular complexity index is 931. The van der Waals surface area contributed by atoms with Crippen LogP contribution in [0.5, 0.6) is 11.5 Å². The lowest BCUT2D eigenvalue weighted by Crippen LogP contribution is -1.96. The molecule has 3 aromatic rings. The Hall–Kier alpha value is -2.39. The van der Waals surface area contributed by atoms with Crippen molar-refractivity contribution in [1.29, 1.82) is 0 Å². The number of benzene rings is 1. The van der Waals surface area contributed by atoms with Crippen molar-refractivity contribution in [3.05, 3.63) is 45.3 Å². The van der Waals surface area contributed by atoms with Gasteiger partial charge in [0, 0.05) is 0 Å². The molecule has 124 valence electrons. The summed E-state index contributed by atoms with van der Waals surface area (Å²) < 4.78 is 13.0. The Kier molecular flexibility index (Phi) is 4.81. The average molecular weight is 409 g/mol. The molecule has 2 aromatic heterocycles. The molecule has 0 unspecified atom stereocenters. The Balaban J connectivity index is 1.98. The molecule has 0 atom stereocenters. The molecule has 0 spiro atoms. The molecule has 0 fully saturated rings. The maximum atomic E-state index is 9.95. The van der Waals surface area contributed by atoms with Gasteiger partial charge in [0.25, 0.3) is 0 Å². The molecular formula is C15H13BrN4O3S. The van der Waals surface area contributed by atoms with Crippen molar-refractivity contribution in [1.82, 2.24) is 14.9 Å². The van der Waals surface area contributed by atoms with Crippen LogP contribution in [0.1, 0.15) is 12.5 Å². The highest BCUT2D eigenvalue weighted by Crippen LogP contribution is 2.35. The maximum absolute atomic E-state index is 9.95. The molecule has 9 heteroatoms. The van der Waals surface area contributed by atoms with Crippen molar-refractivity contribution in [3.8, 4) is 23.1 Å². The third-order valence-corrected chi connectivity index (χ3v) is 3.93. The molecule has 0 radical (unpaired) electrons. The lowest BCUT2D eigenvalue weighted by atomic mass is 10.2. The van der Waals surface area contributed by atoms with Gasteiger partial charge in [-0.1, -0.05) is 0 Å². The largest absolute Gasteiger partial charge is 0.503 e. The van der Waals surface area contributed by atoms with Crippen LogP contribution in [0.4, 0.5) is 0 Å². The number of halogens is 1. The zero-order chi connectivity index (χ0) is 17.1. The molecule has 0 amide bonds. The summed E-state index contributed by atoms with van der Waals surface area (Å²) in [5, 5.41) is 21.1. The summed E-state index contributed by atoms with van der Waals surface area (Å²) in [6.07, 6.45) is 3.14. The first-order valence-corrected chi connectivity index (χ1v) is 8.21. The Morgan fingerprint density at radius 2 is 2.38 bits per heavy atom. The Morgan fingerprint density at radius 3 is 3.08 bits per heavy atom. The van der Waals surface area contributed by atoms with Gasteiger partial charge in [-0.3, -0.25) is 0 Å². The van der Waals surface area contributed by atoms with Gasteiger partial charge in [-0.2, -0.15) is 9.78 Å². The third kappa shape index (κ3) is 3.26. The second-order valence-corrected chi connectivity index (χ2v) is 5.91. The molecule has 0 bridgehead atoms. The standard InChI is InChI=1S/C15H13BrN4O3S/c1-2-22-12-7-9(6-10(16)13(12)21)8-17-20-14(18-19-15(20)24)11-4-3-5-23-11/h3-8,21H,2H2,1H3,(H,19,24)/b17-8-. The van der Waals surface area contributed by atoms with Gasteiger partial charge in [-0.15, -0.1) is 5.10 Å². The fraction of sp³-hybridized carbons (Fsp3) is 0.133. The molecular weight excluding hydrogens is 396 g/mol. The van der Waals surface area contributed by atoms with E-state index in [4.69, 9.17) is 21.4 Å². The van der Waals surface area contributed by atoms with E-state index in [1.54, 1.807) is 36.7 Å². The van der Waals surface area contributed by atoms with Crippen molar-refractivity contribution in [2.24, 2.45) is 5.10 Å². The predicted molar refractivity (Wildman–Crippen MR) is 95.1 cm³/mol. The number of hydrogen-bond acceptors (Lipinski definition) is 6. The quantitative estimate of drug-likeness (QED) is 0.492. The molecule has 3 rings (SSSR count).